The van der Waals surface area contributed by atoms with Crippen LogP contribution in [0.1, 0.15) is 45.1 Å². The Hall–Kier alpha value is -1.19. The van der Waals surface area contributed by atoms with Gasteiger partial charge in [0.15, 0.2) is 5.78 Å². The Morgan fingerprint density at radius 1 is 0.938 bits per heavy atom. The molecule has 1 rings (SSSR count). The smallest absolute Gasteiger partial charge is 0.160 e. The lowest BCUT2D eigenvalue weighted by Crippen LogP contribution is -2.10. The molecule has 0 aromatic heterocycles. The van der Waals surface area contributed by atoms with Crippen molar-refractivity contribution >= 4 is 5.78 Å². The van der Waals surface area contributed by atoms with Gasteiger partial charge in [-0.1, -0.05) is 0 Å². The van der Waals surface area contributed by atoms with E-state index >= 15 is 0 Å². The third-order valence-corrected chi connectivity index (χ3v) is 3.23. The Labute approximate surface area is 95.7 Å². The van der Waals surface area contributed by atoms with Crippen LogP contribution in [-0.4, -0.2) is 16.0 Å². The van der Waals surface area contributed by atoms with Gasteiger partial charge < -0.3 is 10.2 Å². The SMILES string of the molecule is CC(=O)c1c(C)c(CO)c(C)c(CO)c1C. The van der Waals surface area contributed by atoms with Gasteiger partial charge in [-0.3, -0.25) is 4.79 Å². The first-order valence-electron chi connectivity index (χ1n) is 5.29. The van der Waals surface area contributed by atoms with Crippen molar-refractivity contribution in [1.29, 1.82) is 0 Å². The molecule has 0 aliphatic carbocycles. The van der Waals surface area contributed by atoms with Gasteiger partial charge in [-0.2, -0.15) is 0 Å². The molecule has 2 N–H and O–H groups in total. The molecule has 0 saturated carbocycles. The number of carbonyl (C=O) groups excluding carboxylic acids is 1. The lowest BCUT2D eigenvalue weighted by Gasteiger charge is -2.18. The van der Waals surface area contributed by atoms with E-state index in [1.165, 1.54) is 6.92 Å². The van der Waals surface area contributed by atoms with Gasteiger partial charge in [-0.05, 0) is 55.5 Å². The molecule has 0 unspecified atom stereocenters. The Morgan fingerprint density at radius 2 is 1.31 bits per heavy atom. The summed E-state index contributed by atoms with van der Waals surface area (Å²) in [5, 5.41) is 18.6. The molecule has 0 fully saturated rings. The van der Waals surface area contributed by atoms with Crippen molar-refractivity contribution < 1.29 is 15.0 Å². The van der Waals surface area contributed by atoms with Crippen LogP contribution in [0.5, 0.6) is 0 Å². The highest BCUT2D eigenvalue weighted by atomic mass is 16.3. The van der Waals surface area contributed by atoms with Crippen LogP contribution in [0, 0.1) is 20.8 Å². The van der Waals surface area contributed by atoms with Gasteiger partial charge in [0, 0.05) is 5.56 Å². The van der Waals surface area contributed by atoms with E-state index in [4.69, 9.17) is 0 Å². The number of aliphatic hydroxyl groups excluding tert-OH is 2. The van der Waals surface area contributed by atoms with Gasteiger partial charge in [0.25, 0.3) is 0 Å². The quantitative estimate of drug-likeness (QED) is 0.767. The number of Topliss-reactive ketones (excluding diaryl/α,β-unsaturated/α-hetero) is 1. The number of hydrogen-bond donors (Lipinski definition) is 2. The lowest BCUT2D eigenvalue weighted by molar-refractivity contribution is 0.101. The summed E-state index contributed by atoms with van der Waals surface area (Å²) in [6.45, 7) is 6.83. The Morgan fingerprint density at radius 3 is 1.56 bits per heavy atom. The zero-order chi connectivity index (χ0) is 12.5. The zero-order valence-electron chi connectivity index (χ0n) is 10.2. The van der Waals surface area contributed by atoms with Crippen LogP contribution in [0.25, 0.3) is 0 Å². The minimum atomic E-state index is -0.106. The predicted molar refractivity (Wildman–Crippen MR) is 62.5 cm³/mol. The summed E-state index contributed by atoms with van der Waals surface area (Å²) < 4.78 is 0. The molecule has 0 spiro atoms. The molecule has 3 heteroatoms. The van der Waals surface area contributed by atoms with E-state index in [0.717, 1.165) is 27.8 Å². The molecule has 0 heterocycles. The summed E-state index contributed by atoms with van der Waals surface area (Å²) in [6.07, 6.45) is 0. The third kappa shape index (κ3) is 1.88. The van der Waals surface area contributed by atoms with Gasteiger partial charge in [-0.25, -0.2) is 0 Å². The van der Waals surface area contributed by atoms with E-state index in [9.17, 15) is 15.0 Å². The van der Waals surface area contributed by atoms with E-state index in [1.807, 2.05) is 20.8 Å². The van der Waals surface area contributed by atoms with Crippen LogP contribution in [0.4, 0.5) is 0 Å². The second-order valence-corrected chi connectivity index (χ2v) is 4.08. The Kier molecular flexibility index (Phi) is 3.83. The molecule has 1 aromatic carbocycles. The van der Waals surface area contributed by atoms with E-state index in [0.29, 0.717) is 5.56 Å². The van der Waals surface area contributed by atoms with Gasteiger partial charge in [-0.15, -0.1) is 0 Å². The predicted octanol–water partition coefficient (Wildman–Crippen LogP) is 1.80. The molecule has 0 bridgehead atoms. The maximum Gasteiger partial charge on any atom is 0.160 e. The highest BCUT2D eigenvalue weighted by Crippen LogP contribution is 2.27. The van der Waals surface area contributed by atoms with Crippen LogP contribution < -0.4 is 0 Å². The van der Waals surface area contributed by atoms with Gasteiger partial charge >= 0.3 is 0 Å². The van der Waals surface area contributed by atoms with Gasteiger partial charge in [0.1, 0.15) is 0 Å². The molecular weight excluding hydrogens is 204 g/mol. The summed E-state index contributed by atoms with van der Waals surface area (Å²) in [7, 11) is 0. The molecule has 0 aliphatic heterocycles. The van der Waals surface area contributed by atoms with Crippen molar-refractivity contribution in [2.24, 2.45) is 0 Å². The minimum Gasteiger partial charge on any atom is -0.392 e. The number of aliphatic hydroxyl groups is 2. The first kappa shape index (κ1) is 12.9. The normalized spacial score (nSPS) is 10.6. The molecule has 0 atom stereocenters. The lowest BCUT2D eigenvalue weighted by atomic mass is 9.87. The number of carbonyl (C=O) groups is 1. The van der Waals surface area contributed by atoms with Crippen LogP contribution in [0.15, 0.2) is 0 Å². The topological polar surface area (TPSA) is 57.5 Å². The number of ketones is 1. The van der Waals surface area contributed by atoms with Gasteiger partial charge in [0.05, 0.1) is 13.2 Å². The number of rotatable bonds is 3. The van der Waals surface area contributed by atoms with E-state index in [2.05, 4.69) is 0 Å². The van der Waals surface area contributed by atoms with Crippen molar-refractivity contribution in [2.45, 2.75) is 40.9 Å². The fraction of sp³-hybridized carbons (Fsp3) is 0.462. The standard InChI is InChI=1S/C13H18O3/c1-7-11(5-14)8(2)13(10(4)16)9(3)12(7)6-15/h14-15H,5-6H2,1-4H3. The molecule has 1 aromatic rings. The van der Waals surface area contributed by atoms with Crippen molar-refractivity contribution in [3.05, 3.63) is 33.4 Å². The molecule has 3 nitrogen and oxygen atoms in total. The van der Waals surface area contributed by atoms with E-state index < -0.39 is 0 Å². The van der Waals surface area contributed by atoms with E-state index in [-0.39, 0.29) is 19.0 Å². The zero-order valence-corrected chi connectivity index (χ0v) is 10.2. The second-order valence-electron chi connectivity index (χ2n) is 4.08. The highest BCUT2D eigenvalue weighted by Gasteiger charge is 2.18. The van der Waals surface area contributed by atoms with Crippen LogP contribution in [0.3, 0.4) is 0 Å². The molecule has 0 radical (unpaired) electrons. The van der Waals surface area contributed by atoms with Crippen molar-refractivity contribution in [2.75, 3.05) is 0 Å². The van der Waals surface area contributed by atoms with Crippen molar-refractivity contribution in [1.82, 2.24) is 0 Å². The molecule has 0 saturated heterocycles. The summed E-state index contributed by atoms with van der Waals surface area (Å²) in [4.78, 5) is 11.6. The monoisotopic (exact) mass is 222 g/mol. The van der Waals surface area contributed by atoms with Gasteiger partial charge in [0.2, 0.25) is 0 Å². The first-order chi connectivity index (χ1) is 7.45. The van der Waals surface area contributed by atoms with Crippen LogP contribution in [-0.2, 0) is 13.2 Å². The number of hydrogen-bond acceptors (Lipinski definition) is 3. The fourth-order valence-electron chi connectivity index (χ4n) is 2.33. The molecule has 0 aliphatic rings. The largest absolute Gasteiger partial charge is 0.392 e. The summed E-state index contributed by atoms with van der Waals surface area (Å²) in [6, 6.07) is 0. The molecule has 0 amide bonds. The fourth-order valence-corrected chi connectivity index (χ4v) is 2.33. The van der Waals surface area contributed by atoms with Crippen LogP contribution >= 0.6 is 0 Å². The van der Waals surface area contributed by atoms with Crippen molar-refractivity contribution in [3.63, 3.8) is 0 Å². The number of benzene rings is 1. The highest BCUT2D eigenvalue weighted by molar-refractivity contribution is 5.97. The Balaban J connectivity index is 3.70. The first-order valence-corrected chi connectivity index (χ1v) is 5.29. The minimum absolute atomic E-state index is 0.0283. The molecule has 88 valence electrons. The average Bonchev–Trinajstić information content (AvgIpc) is 2.18. The Bertz CT molecular complexity index is 402. The van der Waals surface area contributed by atoms with Crippen LogP contribution in [0.2, 0.25) is 0 Å². The maximum absolute atomic E-state index is 11.6. The third-order valence-electron chi connectivity index (χ3n) is 3.23. The summed E-state index contributed by atoms with van der Waals surface area (Å²) in [5.41, 5.74) is 4.65. The second kappa shape index (κ2) is 4.76. The maximum atomic E-state index is 11.6. The van der Waals surface area contributed by atoms with Crippen molar-refractivity contribution in [3.8, 4) is 0 Å². The molecule has 16 heavy (non-hydrogen) atoms. The average molecular weight is 222 g/mol. The molecular formula is C13H18O3. The van der Waals surface area contributed by atoms with E-state index in [1.54, 1.807) is 0 Å². The summed E-state index contributed by atoms with van der Waals surface area (Å²) >= 11 is 0. The summed E-state index contributed by atoms with van der Waals surface area (Å²) in [5.74, 6) is -0.0283.